The zero-order valence-corrected chi connectivity index (χ0v) is 26.9. The summed E-state index contributed by atoms with van der Waals surface area (Å²) in [5, 5.41) is 2.90. The molecule has 3 rings (SSSR count). The minimum absolute atomic E-state index is 0.0596. The maximum absolute atomic E-state index is 14.2. The van der Waals surface area contributed by atoms with Gasteiger partial charge >= 0.3 is 0 Å². The summed E-state index contributed by atoms with van der Waals surface area (Å²) in [5.41, 5.74) is 3.04. The minimum atomic E-state index is -4.26. The second-order valence-corrected chi connectivity index (χ2v) is 12.9. The summed E-state index contributed by atoms with van der Waals surface area (Å²) >= 11 is 0. The van der Waals surface area contributed by atoms with Crippen molar-refractivity contribution in [3.63, 3.8) is 0 Å². The molecule has 1 atom stereocenters. The number of benzene rings is 3. The molecule has 3 aromatic rings. The van der Waals surface area contributed by atoms with Crippen LogP contribution in [0.3, 0.4) is 0 Å². The van der Waals surface area contributed by atoms with Gasteiger partial charge in [0.05, 0.1) is 24.8 Å². The molecule has 10 heteroatoms. The van der Waals surface area contributed by atoms with Crippen LogP contribution in [0.2, 0.25) is 0 Å². The molecule has 0 heterocycles. The van der Waals surface area contributed by atoms with Gasteiger partial charge in [0.15, 0.2) is 11.5 Å². The van der Waals surface area contributed by atoms with Gasteiger partial charge in [0.25, 0.3) is 10.0 Å². The highest BCUT2D eigenvalue weighted by Crippen LogP contribution is 2.33. The Kier molecular flexibility index (Phi) is 11.6. The van der Waals surface area contributed by atoms with E-state index in [0.717, 1.165) is 21.0 Å². The Hall–Kier alpha value is -4.05. The third-order valence-corrected chi connectivity index (χ3v) is 8.82. The molecule has 0 bridgehead atoms. The molecule has 0 unspecified atom stereocenters. The Bertz CT molecular complexity index is 1490. The smallest absolute Gasteiger partial charge is 0.264 e. The molecule has 0 saturated heterocycles. The maximum Gasteiger partial charge on any atom is 0.264 e. The SMILES string of the molecule is COc1ccc(S(=O)(=O)N(CC(=O)N(CCc2ccccc2)[C@H](C)C(=O)NCC(C)C)c2cc(C)cc(C)c2)cc1OC. The van der Waals surface area contributed by atoms with Crippen molar-refractivity contribution in [3.8, 4) is 11.5 Å². The van der Waals surface area contributed by atoms with E-state index in [1.807, 2.05) is 64.1 Å². The largest absolute Gasteiger partial charge is 0.493 e. The highest BCUT2D eigenvalue weighted by Gasteiger charge is 2.33. The lowest BCUT2D eigenvalue weighted by atomic mass is 10.1. The number of nitrogens with one attached hydrogen (secondary N) is 1. The fourth-order valence-corrected chi connectivity index (χ4v) is 6.16. The number of sulfonamides is 1. The van der Waals surface area contributed by atoms with Crippen molar-refractivity contribution < 1.29 is 27.5 Å². The van der Waals surface area contributed by atoms with Gasteiger partial charge in [-0.15, -0.1) is 0 Å². The molecule has 0 aliphatic rings. The quantitative estimate of drug-likeness (QED) is 0.283. The summed E-state index contributed by atoms with van der Waals surface area (Å²) in [5.74, 6) is 0.0671. The van der Waals surface area contributed by atoms with Gasteiger partial charge in [0.1, 0.15) is 12.6 Å². The van der Waals surface area contributed by atoms with E-state index in [2.05, 4.69) is 5.32 Å². The minimum Gasteiger partial charge on any atom is -0.493 e. The van der Waals surface area contributed by atoms with Crippen molar-refractivity contribution in [3.05, 3.63) is 83.4 Å². The van der Waals surface area contributed by atoms with E-state index in [9.17, 15) is 18.0 Å². The van der Waals surface area contributed by atoms with E-state index in [-0.39, 0.29) is 29.0 Å². The Labute approximate surface area is 255 Å². The van der Waals surface area contributed by atoms with Crippen LogP contribution in [0.1, 0.15) is 37.5 Å². The van der Waals surface area contributed by atoms with E-state index < -0.39 is 28.5 Å². The van der Waals surface area contributed by atoms with E-state index in [4.69, 9.17) is 9.47 Å². The topological polar surface area (TPSA) is 105 Å². The predicted molar refractivity (Wildman–Crippen MR) is 169 cm³/mol. The Morgan fingerprint density at radius 3 is 2.07 bits per heavy atom. The molecular weight excluding hydrogens is 566 g/mol. The summed E-state index contributed by atoms with van der Waals surface area (Å²) in [6.07, 6.45) is 0.500. The number of rotatable bonds is 14. The first-order valence-corrected chi connectivity index (χ1v) is 15.8. The molecule has 1 N–H and O–H groups in total. The molecule has 0 saturated carbocycles. The number of nitrogens with zero attached hydrogens (tertiary/aromatic N) is 2. The fraction of sp³-hybridized carbons (Fsp3) is 0.394. The van der Waals surface area contributed by atoms with Gasteiger partial charge in [-0.25, -0.2) is 8.42 Å². The summed E-state index contributed by atoms with van der Waals surface area (Å²) in [7, 11) is -1.36. The van der Waals surface area contributed by atoms with E-state index >= 15 is 0 Å². The van der Waals surface area contributed by atoms with Crippen LogP contribution in [-0.2, 0) is 26.0 Å². The van der Waals surface area contributed by atoms with Crippen LogP contribution in [0.5, 0.6) is 11.5 Å². The number of carbonyl (C=O) groups is 2. The summed E-state index contributed by atoms with van der Waals surface area (Å²) in [6.45, 7) is 9.58. The van der Waals surface area contributed by atoms with E-state index in [1.54, 1.807) is 19.1 Å². The van der Waals surface area contributed by atoms with Gasteiger partial charge in [-0.1, -0.05) is 50.2 Å². The molecule has 3 aromatic carbocycles. The molecule has 2 amide bonds. The summed E-state index contributed by atoms with van der Waals surface area (Å²) < 4.78 is 40.2. The van der Waals surface area contributed by atoms with Gasteiger partial charge < -0.3 is 19.7 Å². The first-order valence-electron chi connectivity index (χ1n) is 14.3. The highest BCUT2D eigenvalue weighted by atomic mass is 32.2. The zero-order chi connectivity index (χ0) is 31.7. The van der Waals surface area contributed by atoms with Crippen molar-refractivity contribution in [1.29, 1.82) is 0 Å². The first-order chi connectivity index (χ1) is 20.4. The maximum atomic E-state index is 14.2. The van der Waals surface area contributed by atoms with Gasteiger partial charge in [-0.3, -0.25) is 13.9 Å². The van der Waals surface area contributed by atoms with Crippen LogP contribution in [0.25, 0.3) is 0 Å². The van der Waals surface area contributed by atoms with E-state index in [0.29, 0.717) is 24.4 Å². The standard InChI is InChI=1S/C33H43N3O6S/c1-23(2)21-34-33(38)26(5)35(16-15-27-11-9-8-10-12-27)32(37)22-36(28-18-24(3)17-25(4)19-28)43(39,40)29-13-14-30(41-6)31(20-29)42-7/h8-14,17-20,23,26H,15-16,21-22H2,1-7H3,(H,34,38)/t26-/m1/s1. The van der Waals surface area contributed by atoms with E-state index in [1.165, 1.54) is 37.3 Å². The number of carbonyl (C=O) groups excluding carboxylic acids is 2. The van der Waals surface area contributed by atoms with Crippen molar-refractivity contribution in [2.45, 2.75) is 52.0 Å². The van der Waals surface area contributed by atoms with Crippen molar-refractivity contribution in [2.75, 3.05) is 38.2 Å². The summed E-state index contributed by atoms with van der Waals surface area (Å²) in [6, 6.07) is 18.5. The number of methoxy groups -OCH3 is 2. The van der Waals surface area contributed by atoms with Crippen LogP contribution in [-0.4, -0.2) is 65.0 Å². The number of aryl methyl sites for hydroxylation is 2. The van der Waals surface area contributed by atoms with Gasteiger partial charge in [-0.2, -0.15) is 0 Å². The zero-order valence-electron chi connectivity index (χ0n) is 26.1. The number of amides is 2. The first kappa shape index (κ1) is 33.5. The van der Waals surface area contributed by atoms with Gasteiger partial charge in [0, 0.05) is 19.2 Å². The molecule has 0 aliphatic heterocycles. The molecule has 0 fully saturated rings. The lowest BCUT2D eigenvalue weighted by Crippen LogP contribution is -2.52. The number of hydrogen-bond acceptors (Lipinski definition) is 6. The second-order valence-electron chi connectivity index (χ2n) is 11.0. The number of anilines is 1. The normalized spacial score (nSPS) is 12.0. The van der Waals surface area contributed by atoms with Crippen molar-refractivity contribution >= 4 is 27.5 Å². The second kappa shape index (κ2) is 14.9. The van der Waals surface area contributed by atoms with Crippen LogP contribution in [0.15, 0.2) is 71.6 Å². The molecule has 0 aromatic heterocycles. The van der Waals surface area contributed by atoms with Gasteiger partial charge in [0.2, 0.25) is 11.8 Å². The Morgan fingerprint density at radius 1 is 0.860 bits per heavy atom. The molecule has 43 heavy (non-hydrogen) atoms. The molecular formula is C33H43N3O6S. The van der Waals surface area contributed by atoms with Crippen LogP contribution >= 0.6 is 0 Å². The number of ether oxygens (including phenoxy) is 2. The van der Waals surface area contributed by atoms with Crippen molar-refractivity contribution in [2.24, 2.45) is 5.92 Å². The number of hydrogen-bond donors (Lipinski definition) is 1. The molecule has 0 spiro atoms. The molecule has 0 radical (unpaired) electrons. The van der Waals surface area contributed by atoms with Gasteiger partial charge in [-0.05, 0) is 74.1 Å². The van der Waals surface area contributed by atoms with Crippen LogP contribution < -0.4 is 19.1 Å². The lowest BCUT2D eigenvalue weighted by molar-refractivity contribution is -0.138. The Morgan fingerprint density at radius 2 is 1.49 bits per heavy atom. The predicted octanol–water partition coefficient (Wildman–Crippen LogP) is 4.75. The molecule has 0 aliphatic carbocycles. The fourth-order valence-electron chi connectivity index (χ4n) is 4.75. The van der Waals surface area contributed by atoms with Crippen LogP contribution in [0.4, 0.5) is 5.69 Å². The highest BCUT2D eigenvalue weighted by molar-refractivity contribution is 7.92. The molecule has 9 nitrogen and oxygen atoms in total. The van der Waals surface area contributed by atoms with Crippen LogP contribution in [0, 0.1) is 19.8 Å². The average molecular weight is 610 g/mol. The lowest BCUT2D eigenvalue weighted by Gasteiger charge is -2.32. The third-order valence-electron chi connectivity index (χ3n) is 7.05. The summed E-state index contributed by atoms with van der Waals surface area (Å²) in [4.78, 5) is 28.6. The monoisotopic (exact) mass is 609 g/mol. The Balaban J connectivity index is 2.04. The van der Waals surface area contributed by atoms with Crippen molar-refractivity contribution in [1.82, 2.24) is 10.2 Å². The molecule has 232 valence electrons. The average Bonchev–Trinajstić information content (AvgIpc) is 2.98. The third kappa shape index (κ3) is 8.73.